The Labute approximate surface area is 80.5 Å². The summed E-state index contributed by atoms with van der Waals surface area (Å²) < 4.78 is 0. The summed E-state index contributed by atoms with van der Waals surface area (Å²) in [5, 5.41) is 20.9. The Hall–Kier alpha value is -1.81. The lowest BCUT2D eigenvalue weighted by Gasteiger charge is -2.03. The van der Waals surface area contributed by atoms with E-state index in [1.807, 2.05) is 6.07 Å². The highest BCUT2D eigenvalue weighted by Gasteiger charge is 2.24. The van der Waals surface area contributed by atoms with Gasteiger partial charge in [-0.15, -0.1) is 0 Å². The minimum Gasteiger partial charge on any atom is -0.478 e. The number of aliphatic hydroxyl groups is 1. The van der Waals surface area contributed by atoms with Gasteiger partial charge in [0.25, 0.3) is 0 Å². The van der Waals surface area contributed by atoms with Gasteiger partial charge in [0.05, 0.1) is 0 Å². The summed E-state index contributed by atoms with van der Waals surface area (Å²) in [6.45, 7) is 0. The van der Waals surface area contributed by atoms with E-state index in [9.17, 15) is 9.90 Å². The molecule has 0 spiro atoms. The van der Waals surface area contributed by atoms with Crippen molar-refractivity contribution < 1.29 is 15.0 Å². The lowest BCUT2D eigenvalue weighted by Crippen LogP contribution is -2.13. The van der Waals surface area contributed by atoms with Crippen LogP contribution in [0.3, 0.4) is 0 Å². The van der Waals surface area contributed by atoms with E-state index in [1.165, 1.54) is 0 Å². The van der Waals surface area contributed by atoms with Gasteiger partial charge in [0.2, 0.25) is 0 Å². The lowest BCUT2D eigenvalue weighted by atomic mass is 10.1. The highest BCUT2D eigenvalue weighted by atomic mass is 16.4. The van der Waals surface area contributed by atoms with Gasteiger partial charge in [0.15, 0.2) is 6.23 Å². The number of rotatable bonds is 1. The highest BCUT2D eigenvalue weighted by molar-refractivity contribution is 5.96. The molecule has 1 unspecified atom stereocenters. The molecular formula is C10H9NO3. The second-order valence-electron chi connectivity index (χ2n) is 3.03. The smallest absolute Gasteiger partial charge is 0.328 e. The zero-order valence-corrected chi connectivity index (χ0v) is 7.27. The third-order valence-electron chi connectivity index (χ3n) is 2.10. The van der Waals surface area contributed by atoms with Crippen LogP contribution in [0.25, 0.3) is 5.57 Å². The van der Waals surface area contributed by atoms with Gasteiger partial charge in [-0.05, 0) is 6.07 Å². The molecule has 0 aliphatic carbocycles. The van der Waals surface area contributed by atoms with E-state index in [4.69, 9.17) is 5.11 Å². The molecule has 4 heteroatoms. The van der Waals surface area contributed by atoms with Crippen LogP contribution >= 0.6 is 0 Å². The maximum Gasteiger partial charge on any atom is 0.328 e. The molecule has 14 heavy (non-hydrogen) atoms. The summed E-state index contributed by atoms with van der Waals surface area (Å²) in [5.41, 5.74) is 1.89. The summed E-state index contributed by atoms with van der Waals surface area (Å²) in [5.74, 6) is -1.06. The molecule has 1 aromatic carbocycles. The predicted octanol–water partition coefficient (Wildman–Crippen LogP) is 0.898. The normalized spacial score (nSPS) is 21.8. The van der Waals surface area contributed by atoms with Crippen LogP contribution in [0.15, 0.2) is 30.3 Å². The molecular weight excluding hydrogens is 182 g/mol. The number of aliphatic carboxylic acids is 1. The molecule has 72 valence electrons. The average molecular weight is 191 g/mol. The van der Waals surface area contributed by atoms with Crippen molar-refractivity contribution in [2.24, 2.45) is 0 Å². The molecule has 3 N–H and O–H groups in total. The zero-order valence-electron chi connectivity index (χ0n) is 7.27. The van der Waals surface area contributed by atoms with Crippen LogP contribution in [-0.2, 0) is 4.79 Å². The fraction of sp³-hybridized carbons (Fsp3) is 0.100. The van der Waals surface area contributed by atoms with Gasteiger partial charge in [0.1, 0.15) is 0 Å². The van der Waals surface area contributed by atoms with E-state index in [-0.39, 0.29) is 0 Å². The van der Waals surface area contributed by atoms with Crippen molar-refractivity contribution in [2.75, 3.05) is 5.32 Å². The number of carboxylic acid groups (broad SMARTS) is 1. The summed E-state index contributed by atoms with van der Waals surface area (Å²) in [6, 6.07) is 7.19. The van der Waals surface area contributed by atoms with E-state index < -0.39 is 12.2 Å². The van der Waals surface area contributed by atoms with Crippen molar-refractivity contribution in [2.45, 2.75) is 6.23 Å². The van der Waals surface area contributed by atoms with Crippen molar-refractivity contribution in [1.82, 2.24) is 0 Å². The standard InChI is InChI=1S/C10H9NO3/c12-9(13)5-7-6-3-1-2-4-8(6)11-10(7)14/h1-5,10-11,14H,(H,12,13). The van der Waals surface area contributed by atoms with Crippen molar-refractivity contribution in [3.8, 4) is 0 Å². The molecule has 0 saturated heterocycles. The molecule has 0 radical (unpaired) electrons. The Morgan fingerprint density at radius 2 is 2.14 bits per heavy atom. The van der Waals surface area contributed by atoms with E-state index in [0.29, 0.717) is 5.57 Å². The zero-order chi connectivity index (χ0) is 10.1. The van der Waals surface area contributed by atoms with Crippen LogP contribution in [0.1, 0.15) is 5.56 Å². The highest BCUT2D eigenvalue weighted by Crippen LogP contribution is 2.33. The van der Waals surface area contributed by atoms with Gasteiger partial charge in [0, 0.05) is 22.9 Å². The molecule has 4 nitrogen and oxygen atoms in total. The third-order valence-corrected chi connectivity index (χ3v) is 2.10. The Morgan fingerprint density at radius 3 is 2.86 bits per heavy atom. The number of hydrogen-bond donors (Lipinski definition) is 3. The van der Waals surface area contributed by atoms with Gasteiger partial charge in [-0.2, -0.15) is 0 Å². The number of fused-ring (bicyclic) bond motifs is 1. The van der Waals surface area contributed by atoms with Gasteiger partial charge in [-0.3, -0.25) is 0 Å². The molecule has 1 aromatic rings. The van der Waals surface area contributed by atoms with Crippen LogP contribution in [0.5, 0.6) is 0 Å². The van der Waals surface area contributed by atoms with Crippen molar-refractivity contribution in [3.05, 3.63) is 35.9 Å². The topological polar surface area (TPSA) is 69.6 Å². The molecule has 0 aromatic heterocycles. The van der Waals surface area contributed by atoms with Crippen molar-refractivity contribution >= 4 is 17.2 Å². The first-order valence-corrected chi connectivity index (χ1v) is 4.17. The third kappa shape index (κ3) is 1.36. The minimum absolute atomic E-state index is 0.396. The van der Waals surface area contributed by atoms with Gasteiger partial charge >= 0.3 is 5.97 Å². The Balaban J connectivity index is 2.50. The molecule has 1 atom stereocenters. The first-order valence-electron chi connectivity index (χ1n) is 4.17. The maximum absolute atomic E-state index is 10.5. The molecule has 2 rings (SSSR count). The van der Waals surface area contributed by atoms with Crippen LogP contribution in [0.2, 0.25) is 0 Å². The van der Waals surface area contributed by atoms with Crippen molar-refractivity contribution in [3.63, 3.8) is 0 Å². The van der Waals surface area contributed by atoms with Crippen LogP contribution in [-0.4, -0.2) is 22.4 Å². The number of para-hydroxylation sites is 1. The first-order chi connectivity index (χ1) is 6.68. The number of benzene rings is 1. The van der Waals surface area contributed by atoms with E-state index in [1.54, 1.807) is 18.2 Å². The number of aliphatic hydroxyl groups excluding tert-OH is 1. The fourth-order valence-corrected chi connectivity index (χ4v) is 1.52. The lowest BCUT2D eigenvalue weighted by molar-refractivity contribution is -0.131. The van der Waals surface area contributed by atoms with Crippen LogP contribution in [0.4, 0.5) is 5.69 Å². The first kappa shape index (κ1) is 8.77. The molecule has 0 amide bonds. The van der Waals surface area contributed by atoms with Crippen LogP contribution < -0.4 is 5.32 Å². The molecule has 0 saturated carbocycles. The van der Waals surface area contributed by atoms with Gasteiger partial charge in [-0.25, -0.2) is 4.79 Å². The molecule has 1 heterocycles. The molecule has 0 fully saturated rings. The van der Waals surface area contributed by atoms with E-state index in [2.05, 4.69) is 5.32 Å². The largest absolute Gasteiger partial charge is 0.478 e. The maximum atomic E-state index is 10.5. The second kappa shape index (κ2) is 3.16. The molecule has 0 bridgehead atoms. The summed E-state index contributed by atoms with van der Waals surface area (Å²) >= 11 is 0. The second-order valence-corrected chi connectivity index (χ2v) is 3.03. The monoisotopic (exact) mass is 191 g/mol. The number of hydrogen-bond acceptors (Lipinski definition) is 3. The van der Waals surface area contributed by atoms with Gasteiger partial charge < -0.3 is 15.5 Å². The fourth-order valence-electron chi connectivity index (χ4n) is 1.52. The number of carboxylic acids is 1. The average Bonchev–Trinajstić information content (AvgIpc) is 2.43. The predicted molar refractivity (Wildman–Crippen MR) is 51.7 cm³/mol. The number of anilines is 1. The minimum atomic E-state index is -1.06. The van der Waals surface area contributed by atoms with E-state index >= 15 is 0 Å². The molecule has 1 aliphatic heterocycles. The summed E-state index contributed by atoms with van der Waals surface area (Å²) in [4.78, 5) is 10.5. The molecule has 1 aliphatic rings. The van der Waals surface area contributed by atoms with E-state index in [0.717, 1.165) is 17.3 Å². The quantitative estimate of drug-likeness (QED) is 0.577. The Bertz CT molecular complexity index is 412. The number of nitrogens with one attached hydrogen (secondary N) is 1. The SMILES string of the molecule is O=C(O)C=C1c2ccccc2NC1O. The van der Waals surface area contributed by atoms with Crippen LogP contribution in [0, 0.1) is 0 Å². The summed E-state index contributed by atoms with van der Waals surface area (Å²) in [7, 11) is 0. The van der Waals surface area contributed by atoms with Gasteiger partial charge in [-0.1, -0.05) is 18.2 Å². The summed E-state index contributed by atoms with van der Waals surface area (Å²) in [6.07, 6.45) is 0.0900. The number of carbonyl (C=O) groups is 1. The van der Waals surface area contributed by atoms with Crippen molar-refractivity contribution in [1.29, 1.82) is 0 Å². The Kier molecular flexibility index (Phi) is 1.98. The Morgan fingerprint density at radius 1 is 1.43 bits per heavy atom.